The lowest BCUT2D eigenvalue weighted by atomic mass is 9.89. The van der Waals surface area contributed by atoms with Crippen LogP contribution < -0.4 is 15.4 Å². The molecule has 0 unspecified atom stereocenters. The summed E-state index contributed by atoms with van der Waals surface area (Å²) in [6.45, 7) is 10.1. The van der Waals surface area contributed by atoms with Gasteiger partial charge in [0, 0.05) is 36.1 Å². The highest BCUT2D eigenvalue weighted by Gasteiger charge is 2.43. The maximum Gasteiger partial charge on any atom is 0.281 e. The number of carbonyl (C=O) groups excluding carboxylic acids is 1. The van der Waals surface area contributed by atoms with Crippen LogP contribution in [-0.4, -0.2) is 45.3 Å². The van der Waals surface area contributed by atoms with E-state index in [0.29, 0.717) is 57.6 Å². The number of hydrogen-bond donors (Lipinski definition) is 1. The summed E-state index contributed by atoms with van der Waals surface area (Å²) >= 11 is 0. The van der Waals surface area contributed by atoms with Crippen molar-refractivity contribution in [1.82, 2.24) is 19.7 Å². The van der Waals surface area contributed by atoms with Crippen molar-refractivity contribution in [1.29, 1.82) is 0 Å². The van der Waals surface area contributed by atoms with Crippen LogP contribution in [0.25, 0.3) is 38.6 Å². The Labute approximate surface area is 253 Å². The van der Waals surface area contributed by atoms with E-state index in [-0.39, 0.29) is 39.9 Å². The number of halogens is 2. The van der Waals surface area contributed by atoms with Gasteiger partial charge in [0.1, 0.15) is 17.5 Å². The molecule has 5 heterocycles. The highest BCUT2D eigenvalue weighted by molar-refractivity contribution is 6.13. The first-order chi connectivity index (χ1) is 21.0. The van der Waals surface area contributed by atoms with E-state index in [9.17, 15) is 9.59 Å². The molecule has 1 amide bonds. The van der Waals surface area contributed by atoms with E-state index in [2.05, 4.69) is 22.1 Å². The zero-order valence-corrected chi connectivity index (χ0v) is 25.6. The number of likely N-dealkylation sites (N-methyl/N-ethyl adjacent to an activating group) is 1. The second-order valence-corrected chi connectivity index (χ2v) is 12.6. The SMILES string of the molecule is Cc1ccnc(C(C)C)c1-n1c(=O)c2c(c3cc(F)c(-c4c(C)ccc5[nH]ncc45)c(F)c31)N1C[C@@H](C)CC[C@@H]1C(=O)N2C. The van der Waals surface area contributed by atoms with Gasteiger partial charge in [0.15, 0.2) is 5.82 Å². The molecule has 1 N–H and O–H groups in total. The Balaban J connectivity index is 1.71. The van der Waals surface area contributed by atoms with Gasteiger partial charge in [0.2, 0.25) is 5.91 Å². The number of anilines is 2. The zero-order valence-electron chi connectivity index (χ0n) is 25.6. The van der Waals surface area contributed by atoms with Crippen molar-refractivity contribution in [2.75, 3.05) is 23.4 Å². The highest BCUT2D eigenvalue weighted by Crippen LogP contribution is 2.46. The van der Waals surface area contributed by atoms with Crippen LogP contribution in [0.3, 0.4) is 0 Å². The lowest BCUT2D eigenvalue weighted by Gasteiger charge is -2.46. The third-order valence-electron chi connectivity index (χ3n) is 9.36. The summed E-state index contributed by atoms with van der Waals surface area (Å²) in [5, 5.41) is 7.83. The van der Waals surface area contributed by atoms with Gasteiger partial charge in [-0.2, -0.15) is 5.10 Å². The monoisotopic (exact) mass is 596 g/mol. The molecule has 8 nitrogen and oxygen atoms in total. The number of nitrogens with one attached hydrogen (secondary N) is 1. The summed E-state index contributed by atoms with van der Waals surface area (Å²) in [7, 11) is 1.58. The molecule has 10 heteroatoms. The molecule has 44 heavy (non-hydrogen) atoms. The van der Waals surface area contributed by atoms with Crippen molar-refractivity contribution in [2.45, 2.75) is 59.4 Å². The number of carbonyl (C=O) groups is 1. The molecule has 0 aliphatic carbocycles. The lowest BCUT2D eigenvalue weighted by Crippen LogP contribution is -2.57. The summed E-state index contributed by atoms with van der Waals surface area (Å²) in [5.41, 5.74) is 3.11. The molecule has 1 fully saturated rings. The zero-order chi connectivity index (χ0) is 31.2. The number of H-pyrrole nitrogens is 1. The molecule has 5 aromatic rings. The Morgan fingerprint density at radius 3 is 2.50 bits per heavy atom. The van der Waals surface area contributed by atoms with Gasteiger partial charge < -0.3 is 9.80 Å². The second kappa shape index (κ2) is 9.97. The quantitative estimate of drug-likeness (QED) is 0.256. The molecular weight excluding hydrogens is 562 g/mol. The standard InChI is InChI=1S/C34H34F2N6O2/c1-16(2)28-29(19(5)11-12-37-28)42-30-20(31-32(34(42)44)40(6)33(43)24-10-7-17(3)15-41(24)31)13-22(35)26(27(30)36)25-18(4)8-9-23-21(25)14-38-39-23/h8-9,11-14,16-17,24H,7,10,15H2,1-6H3,(H,38,39)/t17-,24+/m0/s1. The average molecular weight is 597 g/mol. The van der Waals surface area contributed by atoms with E-state index in [4.69, 9.17) is 0 Å². The normalized spacial score (nSPS) is 18.4. The minimum absolute atomic E-state index is 0.0391. The fourth-order valence-electron chi connectivity index (χ4n) is 7.21. The van der Waals surface area contributed by atoms with Gasteiger partial charge in [0.25, 0.3) is 5.56 Å². The van der Waals surface area contributed by atoms with Crippen LogP contribution in [-0.2, 0) is 4.79 Å². The van der Waals surface area contributed by atoms with E-state index in [1.54, 1.807) is 38.5 Å². The number of hydrogen-bond acceptors (Lipinski definition) is 5. The second-order valence-electron chi connectivity index (χ2n) is 12.6. The van der Waals surface area contributed by atoms with Crippen LogP contribution in [0.2, 0.25) is 0 Å². The maximum atomic E-state index is 17.5. The van der Waals surface area contributed by atoms with Crippen LogP contribution in [0.15, 0.2) is 41.5 Å². The third kappa shape index (κ3) is 3.85. The van der Waals surface area contributed by atoms with Crippen LogP contribution in [0.4, 0.5) is 20.2 Å². The molecule has 1 saturated heterocycles. The minimum atomic E-state index is -0.851. The van der Waals surface area contributed by atoms with Crippen molar-refractivity contribution in [3.8, 4) is 16.8 Å². The Morgan fingerprint density at radius 1 is 0.977 bits per heavy atom. The van der Waals surface area contributed by atoms with Gasteiger partial charge in [-0.1, -0.05) is 26.8 Å². The molecule has 0 radical (unpaired) electrons. The van der Waals surface area contributed by atoms with Crippen molar-refractivity contribution < 1.29 is 13.6 Å². The molecule has 3 aromatic heterocycles. The Kier molecular flexibility index (Phi) is 6.39. The van der Waals surface area contributed by atoms with Gasteiger partial charge in [-0.05, 0) is 67.9 Å². The molecule has 0 saturated carbocycles. The number of nitrogens with zero attached hydrogens (tertiary/aromatic N) is 5. The average Bonchev–Trinajstić information content (AvgIpc) is 3.46. The number of benzene rings is 2. The summed E-state index contributed by atoms with van der Waals surface area (Å²) < 4.78 is 35.4. The predicted octanol–water partition coefficient (Wildman–Crippen LogP) is 6.53. The van der Waals surface area contributed by atoms with Gasteiger partial charge >= 0.3 is 0 Å². The van der Waals surface area contributed by atoms with E-state index in [1.807, 2.05) is 31.7 Å². The number of aryl methyl sites for hydroxylation is 2. The van der Waals surface area contributed by atoms with Gasteiger partial charge in [-0.3, -0.25) is 24.2 Å². The van der Waals surface area contributed by atoms with E-state index < -0.39 is 23.2 Å². The molecule has 2 aromatic carbocycles. The summed E-state index contributed by atoms with van der Waals surface area (Å²) in [6.07, 6.45) is 4.67. The van der Waals surface area contributed by atoms with Crippen LogP contribution in [0, 0.1) is 31.4 Å². The largest absolute Gasteiger partial charge is 0.357 e. The molecule has 226 valence electrons. The van der Waals surface area contributed by atoms with Crippen molar-refractivity contribution in [3.63, 3.8) is 0 Å². The van der Waals surface area contributed by atoms with Crippen molar-refractivity contribution >= 4 is 39.1 Å². The van der Waals surface area contributed by atoms with Gasteiger partial charge in [-0.15, -0.1) is 0 Å². The molecule has 0 bridgehead atoms. The summed E-state index contributed by atoms with van der Waals surface area (Å²) in [4.78, 5) is 36.4. The number of pyridine rings is 2. The topological polar surface area (TPSA) is 87.1 Å². The van der Waals surface area contributed by atoms with Crippen molar-refractivity contribution in [3.05, 3.63) is 75.5 Å². The number of aromatic amines is 1. The number of piperidine rings is 1. The first kappa shape index (κ1) is 28.2. The number of amides is 1. The Morgan fingerprint density at radius 2 is 1.75 bits per heavy atom. The molecule has 7 rings (SSSR count). The lowest BCUT2D eigenvalue weighted by molar-refractivity contribution is -0.120. The summed E-state index contributed by atoms with van der Waals surface area (Å²) in [6, 6.07) is 6.21. The third-order valence-corrected chi connectivity index (χ3v) is 9.36. The highest BCUT2D eigenvalue weighted by atomic mass is 19.1. The molecule has 2 atom stereocenters. The molecular formula is C34H34F2N6O2. The molecule has 0 spiro atoms. The Hall–Kier alpha value is -4.60. The van der Waals surface area contributed by atoms with Crippen LogP contribution >= 0.6 is 0 Å². The predicted molar refractivity (Wildman–Crippen MR) is 169 cm³/mol. The fraction of sp³-hybridized carbons (Fsp3) is 0.353. The van der Waals surface area contributed by atoms with Crippen LogP contribution in [0.1, 0.15) is 56.4 Å². The maximum absolute atomic E-state index is 17.5. The van der Waals surface area contributed by atoms with Gasteiger partial charge in [0.05, 0.1) is 39.9 Å². The number of rotatable bonds is 3. The van der Waals surface area contributed by atoms with E-state index >= 15 is 8.78 Å². The Bertz CT molecular complexity index is 2080. The first-order valence-electron chi connectivity index (χ1n) is 15.0. The summed E-state index contributed by atoms with van der Waals surface area (Å²) in [5.74, 6) is -1.68. The molecule has 2 aliphatic heterocycles. The van der Waals surface area contributed by atoms with Crippen molar-refractivity contribution in [2.24, 2.45) is 5.92 Å². The fourth-order valence-corrected chi connectivity index (χ4v) is 7.21. The van der Waals surface area contributed by atoms with E-state index in [1.165, 1.54) is 15.5 Å². The van der Waals surface area contributed by atoms with Crippen LogP contribution in [0.5, 0.6) is 0 Å². The minimum Gasteiger partial charge on any atom is -0.357 e. The number of aromatic nitrogens is 4. The van der Waals surface area contributed by atoms with Gasteiger partial charge in [-0.25, -0.2) is 8.78 Å². The van der Waals surface area contributed by atoms with E-state index in [0.717, 1.165) is 6.42 Å². The smallest absolute Gasteiger partial charge is 0.281 e. The first-order valence-corrected chi connectivity index (χ1v) is 15.0. The molecule has 2 aliphatic rings. The number of fused-ring (bicyclic) bond motifs is 6.